The maximum atomic E-state index is 4.80. The van der Waals surface area contributed by atoms with Crippen LogP contribution in [0.25, 0.3) is 10.2 Å². The largest absolute Gasteiger partial charge is 0.318 e. The molecule has 0 aliphatic heterocycles. The van der Waals surface area contributed by atoms with E-state index in [0.717, 1.165) is 17.1 Å². The monoisotopic (exact) mass is 341 g/mol. The number of aromatic nitrogens is 1. The molecule has 0 saturated heterocycles. The Labute approximate surface area is 148 Å². The molecule has 2 saturated carbocycles. The summed E-state index contributed by atoms with van der Waals surface area (Å²) in [6.07, 6.45) is 12.2. The molecule has 0 radical (unpaired) electrons. The van der Waals surface area contributed by atoms with Crippen LogP contribution in [0.5, 0.6) is 0 Å². The van der Waals surface area contributed by atoms with Crippen LogP contribution in [0, 0.1) is 11.8 Å². The van der Waals surface area contributed by atoms with Gasteiger partial charge >= 0.3 is 0 Å². The summed E-state index contributed by atoms with van der Waals surface area (Å²) in [5, 5.41) is 9.48. The van der Waals surface area contributed by atoms with Gasteiger partial charge in [0.15, 0.2) is 0 Å². The van der Waals surface area contributed by atoms with Gasteiger partial charge in [-0.2, -0.15) is 5.10 Å². The summed E-state index contributed by atoms with van der Waals surface area (Å²) >= 11 is 1.74. The Morgan fingerprint density at radius 2 is 1.75 bits per heavy atom. The van der Waals surface area contributed by atoms with Crippen LogP contribution >= 0.6 is 11.3 Å². The van der Waals surface area contributed by atoms with Crippen molar-refractivity contribution in [2.45, 2.75) is 57.8 Å². The molecule has 0 spiro atoms. The number of hydrogen-bond acceptors (Lipinski definition) is 3. The standard InChI is InChI=1S/C20H27N3S/c1-23-18-13-7-8-14-19(18)24-20(23)22-21-17-12-6-5-11-16(17)15-9-3-2-4-10-15/h7-8,13-16H,2-6,9-12H2,1H3. The Bertz CT molecular complexity index is 793. The first-order valence-electron chi connectivity index (χ1n) is 9.48. The summed E-state index contributed by atoms with van der Waals surface area (Å²) in [5.74, 6) is 1.56. The summed E-state index contributed by atoms with van der Waals surface area (Å²) in [7, 11) is 2.09. The summed E-state index contributed by atoms with van der Waals surface area (Å²) in [5.41, 5.74) is 2.62. The van der Waals surface area contributed by atoms with E-state index in [9.17, 15) is 0 Å². The van der Waals surface area contributed by atoms with E-state index in [-0.39, 0.29) is 0 Å². The van der Waals surface area contributed by atoms with Gasteiger partial charge in [0.25, 0.3) is 0 Å². The maximum absolute atomic E-state index is 4.80. The Morgan fingerprint density at radius 1 is 0.958 bits per heavy atom. The third-order valence-corrected chi connectivity index (χ3v) is 6.93. The van der Waals surface area contributed by atoms with Gasteiger partial charge in [0.1, 0.15) is 0 Å². The highest BCUT2D eigenvalue weighted by Gasteiger charge is 2.29. The molecule has 2 fully saturated rings. The SMILES string of the molecule is Cn1c(=NN=C2CCCCC2C2CCCCC2)sc2ccccc21. The molecular formula is C20H27N3S. The van der Waals surface area contributed by atoms with Crippen molar-refractivity contribution in [1.29, 1.82) is 0 Å². The third-order valence-electron chi connectivity index (χ3n) is 5.82. The van der Waals surface area contributed by atoms with Crippen molar-refractivity contribution in [2.75, 3.05) is 0 Å². The predicted octanol–water partition coefficient (Wildman–Crippen LogP) is 5.27. The normalized spacial score (nSPS) is 25.6. The van der Waals surface area contributed by atoms with Gasteiger partial charge in [0, 0.05) is 18.7 Å². The minimum absolute atomic E-state index is 0.697. The Morgan fingerprint density at radius 3 is 2.58 bits per heavy atom. The van der Waals surface area contributed by atoms with Gasteiger partial charge in [-0.05, 0) is 50.2 Å². The van der Waals surface area contributed by atoms with Crippen LogP contribution in [0.3, 0.4) is 0 Å². The van der Waals surface area contributed by atoms with Gasteiger partial charge in [-0.25, -0.2) is 0 Å². The number of para-hydroxylation sites is 1. The van der Waals surface area contributed by atoms with Crippen LogP contribution in [-0.4, -0.2) is 10.3 Å². The fraction of sp³-hybridized carbons (Fsp3) is 0.600. The molecule has 2 aliphatic carbocycles. The molecule has 0 N–H and O–H groups in total. The highest BCUT2D eigenvalue weighted by Crippen LogP contribution is 2.37. The first-order chi connectivity index (χ1) is 11.8. The molecule has 2 aliphatic rings. The molecule has 128 valence electrons. The average Bonchev–Trinajstić information content (AvgIpc) is 2.97. The zero-order valence-electron chi connectivity index (χ0n) is 14.6. The molecule has 0 bridgehead atoms. The smallest absolute Gasteiger partial charge is 0.211 e. The van der Waals surface area contributed by atoms with Crippen LogP contribution < -0.4 is 4.80 Å². The van der Waals surface area contributed by atoms with Crippen molar-refractivity contribution in [1.82, 2.24) is 4.57 Å². The molecular weight excluding hydrogens is 314 g/mol. The molecule has 1 aromatic carbocycles. The fourth-order valence-electron chi connectivity index (χ4n) is 4.48. The lowest BCUT2D eigenvalue weighted by Gasteiger charge is -2.33. The maximum Gasteiger partial charge on any atom is 0.211 e. The first-order valence-corrected chi connectivity index (χ1v) is 10.3. The molecule has 0 amide bonds. The van der Waals surface area contributed by atoms with Crippen molar-refractivity contribution < 1.29 is 0 Å². The Balaban J connectivity index is 1.65. The zero-order chi connectivity index (χ0) is 16.4. The topological polar surface area (TPSA) is 29.6 Å². The number of fused-ring (bicyclic) bond motifs is 1. The van der Waals surface area contributed by atoms with Crippen molar-refractivity contribution in [2.24, 2.45) is 29.1 Å². The first kappa shape index (κ1) is 16.1. The van der Waals surface area contributed by atoms with Gasteiger partial charge in [-0.15, -0.1) is 5.10 Å². The number of rotatable bonds is 2. The van der Waals surface area contributed by atoms with E-state index in [0.29, 0.717) is 5.92 Å². The van der Waals surface area contributed by atoms with Gasteiger partial charge in [0.2, 0.25) is 4.80 Å². The second-order valence-electron chi connectivity index (χ2n) is 7.35. The van der Waals surface area contributed by atoms with Gasteiger partial charge in [-0.3, -0.25) is 0 Å². The average molecular weight is 342 g/mol. The summed E-state index contributed by atoms with van der Waals surface area (Å²) < 4.78 is 3.45. The molecule has 1 aromatic heterocycles. The minimum Gasteiger partial charge on any atom is -0.318 e. The van der Waals surface area contributed by atoms with E-state index >= 15 is 0 Å². The van der Waals surface area contributed by atoms with Crippen LogP contribution in [0.2, 0.25) is 0 Å². The molecule has 1 atom stereocenters. The van der Waals surface area contributed by atoms with E-state index in [1.165, 1.54) is 67.3 Å². The predicted molar refractivity (Wildman–Crippen MR) is 102 cm³/mol. The lowest BCUT2D eigenvalue weighted by atomic mass is 9.72. The third kappa shape index (κ3) is 3.21. The summed E-state index contributed by atoms with van der Waals surface area (Å²) in [6, 6.07) is 8.50. The molecule has 4 rings (SSSR count). The molecule has 1 unspecified atom stereocenters. The zero-order valence-corrected chi connectivity index (χ0v) is 15.4. The number of aryl methyl sites for hydroxylation is 1. The quantitative estimate of drug-likeness (QED) is 0.666. The lowest BCUT2D eigenvalue weighted by molar-refractivity contribution is 0.274. The number of thiazole rings is 1. The van der Waals surface area contributed by atoms with Crippen LogP contribution in [0.1, 0.15) is 57.8 Å². The molecule has 1 heterocycles. The molecule has 24 heavy (non-hydrogen) atoms. The molecule has 4 heteroatoms. The molecule has 3 nitrogen and oxygen atoms in total. The second kappa shape index (κ2) is 7.22. The second-order valence-corrected chi connectivity index (χ2v) is 8.36. The van der Waals surface area contributed by atoms with Crippen molar-refractivity contribution in [3.8, 4) is 0 Å². The Kier molecular flexibility index (Phi) is 4.83. The van der Waals surface area contributed by atoms with Crippen LogP contribution in [-0.2, 0) is 7.05 Å². The number of hydrogen-bond donors (Lipinski definition) is 0. The van der Waals surface area contributed by atoms with E-state index in [4.69, 9.17) is 5.10 Å². The lowest BCUT2D eigenvalue weighted by Crippen LogP contribution is -2.28. The van der Waals surface area contributed by atoms with Gasteiger partial charge in [-0.1, -0.05) is 49.2 Å². The van der Waals surface area contributed by atoms with Crippen molar-refractivity contribution in [3.63, 3.8) is 0 Å². The minimum atomic E-state index is 0.697. The summed E-state index contributed by atoms with van der Waals surface area (Å²) in [4.78, 5) is 1.01. The number of benzene rings is 1. The Hall–Kier alpha value is -1.42. The fourth-order valence-corrected chi connectivity index (χ4v) is 5.45. The highest BCUT2D eigenvalue weighted by molar-refractivity contribution is 7.16. The van der Waals surface area contributed by atoms with Crippen molar-refractivity contribution in [3.05, 3.63) is 29.1 Å². The van der Waals surface area contributed by atoms with E-state index in [2.05, 4.69) is 41.0 Å². The highest BCUT2D eigenvalue weighted by atomic mass is 32.1. The van der Waals surface area contributed by atoms with Crippen molar-refractivity contribution >= 4 is 27.3 Å². The van der Waals surface area contributed by atoms with E-state index in [1.54, 1.807) is 11.3 Å². The number of nitrogens with zero attached hydrogens (tertiary/aromatic N) is 3. The van der Waals surface area contributed by atoms with E-state index < -0.39 is 0 Å². The van der Waals surface area contributed by atoms with Gasteiger partial charge < -0.3 is 4.57 Å². The van der Waals surface area contributed by atoms with Crippen LogP contribution in [0.15, 0.2) is 34.5 Å². The molecule has 2 aromatic rings. The van der Waals surface area contributed by atoms with Gasteiger partial charge in [0.05, 0.1) is 10.2 Å². The van der Waals surface area contributed by atoms with E-state index in [1.807, 2.05) is 0 Å². The summed E-state index contributed by atoms with van der Waals surface area (Å²) in [6.45, 7) is 0. The van der Waals surface area contributed by atoms with Crippen LogP contribution in [0.4, 0.5) is 0 Å².